The highest BCUT2D eigenvalue weighted by molar-refractivity contribution is 6.31. The third-order valence-electron chi connectivity index (χ3n) is 5.90. The largest absolute Gasteiger partial charge is 0.454 e. The molecule has 3 aromatic rings. The van der Waals surface area contributed by atoms with Gasteiger partial charge >= 0.3 is 5.69 Å². The lowest BCUT2D eigenvalue weighted by Crippen LogP contribution is -2.50. The Morgan fingerprint density at radius 2 is 1.79 bits per heavy atom. The summed E-state index contributed by atoms with van der Waals surface area (Å²) in [7, 11) is 0. The first-order chi connectivity index (χ1) is 16.4. The molecule has 1 fully saturated rings. The number of halogens is 2. The van der Waals surface area contributed by atoms with E-state index < -0.39 is 23.0 Å². The van der Waals surface area contributed by atoms with E-state index >= 15 is 0 Å². The number of fused-ring (bicyclic) bond motifs is 1. The molecule has 0 radical (unpaired) electrons. The summed E-state index contributed by atoms with van der Waals surface area (Å²) in [6.45, 7) is 1.78. The average Bonchev–Trinajstić information content (AvgIpc) is 3.31. The minimum atomic E-state index is -0.667. The van der Waals surface area contributed by atoms with E-state index in [1.54, 1.807) is 35.2 Å². The molecule has 0 atom stereocenters. The molecule has 1 saturated heterocycles. The van der Waals surface area contributed by atoms with Gasteiger partial charge in [0.1, 0.15) is 11.4 Å². The lowest BCUT2D eigenvalue weighted by atomic mass is 10.2. The normalized spacial score (nSPS) is 15.0. The van der Waals surface area contributed by atoms with E-state index in [0.29, 0.717) is 43.2 Å². The van der Waals surface area contributed by atoms with E-state index in [9.17, 15) is 18.8 Å². The van der Waals surface area contributed by atoms with Crippen LogP contribution in [-0.2, 0) is 6.54 Å². The number of amides is 1. The molecule has 176 valence electrons. The van der Waals surface area contributed by atoms with Crippen molar-refractivity contribution in [3.63, 3.8) is 0 Å². The minimum absolute atomic E-state index is 0.0228. The van der Waals surface area contributed by atoms with Gasteiger partial charge in [-0.05, 0) is 35.9 Å². The van der Waals surface area contributed by atoms with Crippen molar-refractivity contribution in [1.29, 1.82) is 0 Å². The SMILES string of the molecule is O=C(c1c[nH]c(=O)n(Cc2ccc3c(c2)OCO3)c1=O)N1CCN(c2ccc(F)c(Cl)c2)CC1. The Bertz CT molecular complexity index is 1380. The fraction of sp³-hybridized carbons (Fsp3) is 0.261. The molecule has 0 aliphatic carbocycles. The van der Waals surface area contributed by atoms with E-state index in [2.05, 4.69) is 4.98 Å². The molecule has 2 aliphatic heterocycles. The number of aromatic amines is 1. The molecule has 11 heteroatoms. The van der Waals surface area contributed by atoms with Crippen molar-refractivity contribution >= 4 is 23.2 Å². The van der Waals surface area contributed by atoms with Gasteiger partial charge in [-0.15, -0.1) is 0 Å². The van der Waals surface area contributed by atoms with Crippen LogP contribution in [0, 0.1) is 5.82 Å². The van der Waals surface area contributed by atoms with Crippen LogP contribution in [-0.4, -0.2) is 53.3 Å². The number of hydrogen-bond donors (Lipinski definition) is 1. The summed E-state index contributed by atoms with van der Waals surface area (Å²) in [6, 6.07) is 9.62. The Morgan fingerprint density at radius 3 is 2.56 bits per heavy atom. The third kappa shape index (κ3) is 4.12. The second-order valence-electron chi connectivity index (χ2n) is 7.96. The summed E-state index contributed by atoms with van der Waals surface area (Å²) in [6.07, 6.45) is 1.16. The first kappa shape index (κ1) is 22.0. The van der Waals surface area contributed by atoms with Crippen LogP contribution in [0.3, 0.4) is 0 Å². The highest BCUT2D eigenvalue weighted by Gasteiger charge is 2.26. The molecule has 1 aromatic heterocycles. The Labute approximate surface area is 197 Å². The summed E-state index contributed by atoms with van der Waals surface area (Å²) in [5.41, 5.74) is 0.0247. The van der Waals surface area contributed by atoms with Crippen LogP contribution in [0.5, 0.6) is 11.5 Å². The highest BCUT2D eigenvalue weighted by Crippen LogP contribution is 2.32. The maximum Gasteiger partial charge on any atom is 0.328 e. The summed E-state index contributed by atoms with van der Waals surface area (Å²) >= 11 is 5.88. The van der Waals surface area contributed by atoms with Crippen LogP contribution in [0.2, 0.25) is 5.02 Å². The number of H-pyrrole nitrogens is 1. The number of nitrogens with zero attached hydrogens (tertiary/aromatic N) is 3. The maximum atomic E-state index is 13.4. The van der Waals surface area contributed by atoms with Crippen LogP contribution in [0.4, 0.5) is 10.1 Å². The van der Waals surface area contributed by atoms with Crippen molar-refractivity contribution in [2.45, 2.75) is 6.54 Å². The van der Waals surface area contributed by atoms with E-state index in [1.807, 2.05) is 4.90 Å². The fourth-order valence-electron chi connectivity index (χ4n) is 4.05. The van der Waals surface area contributed by atoms with Gasteiger partial charge in [0.2, 0.25) is 6.79 Å². The molecule has 1 amide bonds. The molecule has 2 aromatic carbocycles. The zero-order valence-electron chi connectivity index (χ0n) is 17.9. The number of carbonyl (C=O) groups excluding carboxylic acids is 1. The predicted molar refractivity (Wildman–Crippen MR) is 123 cm³/mol. The van der Waals surface area contributed by atoms with Gasteiger partial charge in [-0.2, -0.15) is 0 Å². The van der Waals surface area contributed by atoms with Gasteiger partial charge in [-0.25, -0.2) is 9.18 Å². The van der Waals surface area contributed by atoms with Crippen LogP contribution in [0.25, 0.3) is 0 Å². The number of rotatable bonds is 4. The lowest BCUT2D eigenvalue weighted by molar-refractivity contribution is 0.0743. The monoisotopic (exact) mass is 486 g/mol. The Hall–Kier alpha value is -3.79. The van der Waals surface area contributed by atoms with Crippen molar-refractivity contribution in [2.75, 3.05) is 37.9 Å². The number of carbonyl (C=O) groups is 1. The Kier molecular flexibility index (Phi) is 5.74. The molecule has 0 saturated carbocycles. The zero-order chi connectivity index (χ0) is 23.8. The van der Waals surface area contributed by atoms with Crippen molar-refractivity contribution in [3.8, 4) is 11.5 Å². The third-order valence-corrected chi connectivity index (χ3v) is 6.19. The van der Waals surface area contributed by atoms with Crippen LogP contribution in [0.15, 0.2) is 52.2 Å². The molecule has 3 heterocycles. The standard InChI is InChI=1S/C23H20ClFN4O5/c24-17-10-15(2-3-18(17)25)27-5-7-28(8-6-27)21(30)16-11-26-23(32)29(22(16)31)12-14-1-4-19-20(9-14)34-13-33-19/h1-4,9-11H,5-8,12-13H2,(H,26,32). The molecule has 0 spiro atoms. The average molecular weight is 487 g/mol. The van der Waals surface area contributed by atoms with Gasteiger partial charge in [0.15, 0.2) is 11.5 Å². The first-order valence-corrected chi connectivity index (χ1v) is 11.0. The minimum Gasteiger partial charge on any atom is -0.454 e. The summed E-state index contributed by atoms with van der Waals surface area (Å²) < 4.78 is 25.1. The molecular weight excluding hydrogens is 467 g/mol. The number of aromatic nitrogens is 2. The predicted octanol–water partition coefficient (Wildman–Crippen LogP) is 2.07. The van der Waals surface area contributed by atoms with Gasteiger partial charge in [0.05, 0.1) is 11.6 Å². The van der Waals surface area contributed by atoms with Crippen molar-refractivity contribution in [3.05, 3.63) is 85.4 Å². The van der Waals surface area contributed by atoms with E-state index in [4.69, 9.17) is 21.1 Å². The highest BCUT2D eigenvalue weighted by atomic mass is 35.5. The van der Waals surface area contributed by atoms with Crippen LogP contribution in [0.1, 0.15) is 15.9 Å². The van der Waals surface area contributed by atoms with Gasteiger partial charge in [-0.3, -0.25) is 14.2 Å². The van der Waals surface area contributed by atoms with Crippen molar-refractivity contribution in [2.24, 2.45) is 0 Å². The smallest absolute Gasteiger partial charge is 0.328 e. The molecule has 5 rings (SSSR count). The molecule has 2 aliphatic rings. The molecule has 1 N–H and O–H groups in total. The number of benzene rings is 2. The van der Waals surface area contributed by atoms with Crippen molar-refractivity contribution < 1.29 is 18.7 Å². The van der Waals surface area contributed by atoms with E-state index in [0.717, 1.165) is 16.5 Å². The second kappa shape index (κ2) is 8.86. The molecule has 34 heavy (non-hydrogen) atoms. The van der Waals surface area contributed by atoms with Gasteiger partial charge in [-0.1, -0.05) is 17.7 Å². The fourth-order valence-corrected chi connectivity index (χ4v) is 4.22. The zero-order valence-corrected chi connectivity index (χ0v) is 18.7. The number of hydrogen-bond acceptors (Lipinski definition) is 6. The van der Waals surface area contributed by atoms with Gasteiger partial charge < -0.3 is 24.3 Å². The van der Waals surface area contributed by atoms with E-state index in [-0.39, 0.29) is 23.9 Å². The second-order valence-corrected chi connectivity index (χ2v) is 8.37. The molecule has 0 bridgehead atoms. The van der Waals surface area contributed by atoms with Crippen molar-refractivity contribution in [1.82, 2.24) is 14.5 Å². The first-order valence-electron chi connectivity index (χ1n) is 10.6. The van der Waals surface area contributed by atoms with Crippen LogP contribution >= 0.6 is 11.6 Å². The topological polar surface area (TPSA) is 96.9 Å². The quantitative estimate of drug-likeness (QED) is 0.606. The molecular formula is C23H20ClFN4O5. The number of ether oxygens (including phenoxy) is 2. The lowest BCUT2D eigenvalue weighted by Gasteiger charge is -2.36. The van der Waals surface area contributed by atoms with Gasteiger partial charge in [0.25, 0.3) is 11.5 Å². The van der Waals surface area contributed by atoms with Gasteiger partial charge in [0, 0.05) is 38.1 Å². The number of nitrogens with one attached hydrogen (secondary N) is 1. The number of anilines is 1. The van der Waals surface area contributed by atoms with E-state index in [1.165, 1.54) is 6.07 Å². The molecule has 0 unspecified atom stereocenters. The Morgan fingerprint density at radius 1 is 1.03 bits per heavy atom. The Balaban J connectivity index is 1.32. The summed E-state index contributed by atoms with van der Waals surface area (Å²) in [4.78, 5) is 44.5. The number of piperazine rings is 1. The van der Waals surface area contributed by atoms with Crippen LogP contribution < -0.4 is 25.6 Å². The molecule has 9 nitrogen and oxygen atoms in total. The maximum absolute atomic E-state index is 13.4. The summed E-state index contributed by atoms with van der Waals surface area (Å²) in [5, 5.41) is 0.0345. The summed E-state index contributed by atoms with van der Waals surface area (Å²) in [5.74, 6) is 0.178.